The van der Waals surface area contributed by atoms with Gasteiger partial charge in [-0.2, -0.15) is 5.26 Å². The van der Waals surface area contributed by atoms with Crippen molar-refractivity contribution in [3.05, 3.63) is 52.2 Å². The number of nitrogens with zero attached hydrogens (tertiary/aromatic N) is 4. The van der Waals surface area contributed by atoms with Crippen LogP contribution in [0.2, 0.25) is 0 Å². The molecular formula is C22H20BrN5O2S. The first kappa shape index (κ1) is 21.3. The lowest BCUT2D eigenvalue weighted by atomic mass is 10.00. The van der Waals surface area contributed by atoms with Crippen LogP contribution in [0.3, 0.4) is 0 Å². The Bertz CT molecular complexity index is 1140. The maximum atomic E-state index is 12.6. The molecule has 1 aromatic carbocycles. The van der Waals surface area contributed by atoms with E-state index in [1.54, 1.807) is 12.1 Å². The number of anilines is 2. The number of aromatic nitrogens is 2. The molecule has 0 bridgehead atoms. The van der Waals surface area contributed by atoms with Gasteiger partial charge in [-0.3, -0.25) is 10.1 Å². The van der Waals surface area contributed by atoms with Crippen molar-refractivity contribution in [2.45, 2.75) is 19.8 Å². The Labute approximate surface area is 192 Å². The molecular weight excluding hydrogens is 478 g/mol. The van der Waals surface area contributed by atoms with Gasteiger partial charge in [-0.1, -0.05) is 46.3 Å². The Kier molecular flexibility index (Phi) is 6.49. The quantitative estimate of drug-likeness (QED) is 0.377. The predicted octanol–water partition coefficient (Wildman–Crippen LogP) is 5.34. The number of rotatable bonds is 5. The molecule has 9 heteroatoms. The minimum atomic E-state index is -0.543. The Hall–Kier alpha value is -2.96. The van der Waals surface area contributed by atoms with Gasteiger partial charge < -0.3 is 9.32 Å². The summed E-state index contributed by atoms with van der Waals surface area (Å²) in [6.07, 6.45) is 3.66. The Morgan fingerprint density at radius 1 is 1.26 bits per heavy atom. The molecule has 158 valence electrons. The van der Waals surface area contributed by atoms with Crippen LogP contribution in [-0.4, -0.2) is 29.2 Å². The van der Waals surface area contributed by atoms with Crippen molar-refractivity contribution >= 4 is 49.5 Å². The molecule has 0 aliphatic carbocycles. The van der Waals surface area contributed by atoms with Crippen LogP contribution in [-0.2, 0) is 4.79 Å². The number of nitriles is 1. The number of furan rings is 1. The summed E-state index contributed by atoms with van der Waals surface area (Å²) in [6, 6.07) is 13.1. The van der Waals surface area contributed by atoms with Crippen molar-refractivity contribution in [1.29, 1.82) is 5.26 Å². The van der Waals surface area contributed by atoms with Crippen LogP contribution in [0.5, 0.6) is 0 Å². The van der Waals surface area contributed by atoms with Gasteiger partial charge in [-0.15, -0.1) is 10.2 Å². The van der Waals surface area contributed by atoms with E-state index in [9.17, 15) is 10.1 Å². The second-order valence-corrected chi connectivity index (χ2v) is 9.26. The van der Waals surface area contributed by atoms with Gasteiger partial charge in [-0.25, -0.2) is 0 Å². The third kappa shape index (κ3) is 5.21. The minimum Gasteiger partial charge on any atom is -0.457 e. The number of hydrogen-bond acceptors (Lipinski definition) is 7. The fourth-order valence-corrected chi connectivity index (χ4v) is 4.30. The largest absolute Gasteiger partial charge is 0.457 e. The lowest BCUT2D eigenvalue weighted by molar-refractivity contribution is -0.112. The summed E-state index contributed by atoms with van der Waals surface area (Å²) in [7, 11) is 0. The van der Waals surface area contributed by atoms with Gasteiger partial charge in [-0.05, 0) is 43.0 Å². The van der Waals surface area contributed by atoms with Gasteiger partial charge in [0.1, 0.15) is 23.2 Å². The lowest BCUT2D eigenvalue weighted by Crippen LogP contribution is -2.32. The molecule has 1 aliphatic heterocycles. The van der Waals surface area contributed by atoms with Gasteiger partial charge in [0, 0.05) is 29.2 Å². The first-order valence-corrected chi connectivity index (χ1v) is 11.5. The Balaban J connectivity index is 1.43. The van der Waals surface area contributed by atoms with Crippen LogP contribution in [0.4, 0.5) is 10.3 Å². The van der Waals surface area contributed by atoms with Crippen molar-refractivity contribution in [3.63, 3.8) is 0 Å². The predicted molar refractivity (Wildman–Crippen MR) is 125 cm³/mol. The second-order valence-electron chi connectivity index (χ2n) is 7.39. The number of piperidine rings is 1. The number of nitrogens with one attached hydrogen (secondary N) is 1. The molecule has 3 heterocycles. The van der Waals surface area contributed by atoms with E-state index < -0.39 is 5.91 Å². The minimum absolute atomic E-state index is 0.0692. The van der Waals surface area contributed by atoms with E-state index in [0.717, 1.165) is 47.0 Å². The topological polar surface area (TPSA) is 95.0 Å². The molecule has 0 saturated carbocycles. The highest BCUT2D eigenvalue weighted by molar-refractivity contribution is 9.10. The van der Waals surface area contributed by atoms with E-state index in [2.05, 4.69) is 43.3 Å². The molecule has 2 aromatic heterocycles. The fraction of sp³-hybridized carbons (Fsp3) is 0.273. The van der Waals surface area contributed by atoms with Crippen molar-refractivity contribution in [1.82, 2.24) is 10.2 Å². The number of amides is 1. The zero-order chi connectivity index (χ0) is 21.8. The summed E-state index contributed by atoms with van der Waals surface area (Å²) in [5.41, 5.74) is 0.833. The van der Waals surface area contributed by atoms with E-state index >= 15 is 0 Å². The van der Waals surface area contributed by atoms with E-state index in [1.165, 1.54) is 17.4 Å². The number of carbonyl (C=O) groups excluding carboxylic acids is 1. The lowest BCUT2D eigenvalue weighted by Gasteiger charge is -2.29. The zero-order valence-electron chi connectivity index (χ0n) is 16.8. The molecule has 0 radical (unpaired) electrons. The van der Waals surface area contributed by atoms with Crippen LogP contribution in [0.1, 0.15) is 25.5 Å². The summed E-state index contributed by atoms with van der Waals surface area (Å²) < 4.78 is 6.75. The standard InChI is InChI=1S/C22H20BrN5O2S/c1-14-8-10-28(11-9-14)22-27-26-21(31-22)25-20(29)16(13-24)12-18-6-7-19(30-18)15-2-4-17(23)5-3-15/h2-7,12,14H,8-11H2,1H3,(H,25,26,29). The van der Waals surface area contributed by atoms with Crippen LogP contribution in [0.25, 0.3) is 17.4 Å². The molecule has 3 aromatic rings. The van der Waals surface area contributed by atoms with Gasteiger partial charge in [0.05, 0.1) is 0 Å². The third-order valence-corrected chi connectivity index (χ3v) is 6.52. The molecule has 0 atom stereocenters. The van der Waals surface area contributed by atoms with E-state index in [1.807, 2.05) is 30.3 Å². The number of carbonyl (C=O) groups is 1. The smallest absolute Gasteiger partial charge is 0.268 e. The maximum Gasteiger partial charge on any atom is 0.268 e. The van der Waals surface area contributed by atoms with E-state index in [4.69, 9.17) is 4.42 Å². The van der Waals surface area contributed by atoms with Crippen molar-refractivity contribution < 1.29 is 9.21 Å². The molecule has 7 nitrogen and oxygen atoms in total. The number of halogens is 1. The van der Waals surface area contributed by atoms with E-state index in [-0.39, 0.29) is 5.57 Å². The molecule has 1 N–H and O–H groups in total. The molecule has 0 unspecified atom stereocenters. The van der Waals surface area contributed by atoms with Crippen molar-refractivity contribution in [2.24, 2.45) is 5.92 Å². The second kappa shape index (κ2) is 9.45. The number of benzene rings is 1. The molecule has 4 rings (SSSR count). The SMILES string of the molecule is CC1CCN(c2nnc(NC(=O)C(C#N)=Cc3ccc(-c4ccc(Br)cc4)o3)s2)CC1. The summed E-state index contributed by atoms with van der Waals surface area (Å²) in [5.74, 6) is 1.25. The molecule has 31 heavy (non-hydrogen) atoms. The molecule has 1 saturated heterocycles. The monoisotopic (exact) mass is 497 g/mol. The summed E-state index contributed by atoms with van der Waals surface area (Å²) in [6.45, 7) is 4.12. The Morgan fingerprint density at radius 2 is 2.00 bits per heavy atom. The average Bonchev–Trinajstić information content (AvgIpc) is 3.43. The average molecular weight is 498 g/mol. The van der Waals surface area contributed by atoms with Crippen molar-refractivity contribution in [3.8, 4) is 17.4 Å². The molecule has 1 fully saturated rings. The summed E-state index contributed by atoms with van der Waals surface area (Å²) in [4.78, 5) is 14.7. The summed E-state index contributed by atoms with van der Waals surface area (Å²) in [5, 5.41) is 21.5. The highest BCUT2D eigenvalue weighted by atomic mass is 79.9. The van der Waals surface area contributed by atoms with E-state index in [0.29, 0.717) is 16.7 Å². The van der Waals surface area contributed by atoms with Crippen LogP contribution in [0.15, 0.2) is 50.9 Å². The molecule has 1 amide bonds. The van der Waals surface area contributed by atoms with Gasteiger partial charge in [0.15, 0.2) is 0 Å². The maximum absolute atomic E-state index is 12.6. The first-order chi connectivity index (χ1) is 15.0. The highest BCUT2D eigenvalue weighted by Crippen LogP contribution is 2.29. The number of hydrogen-bond donors (Lipinski definition) is 1. The van der Waals surface area contributed by atoms with Crippen molar-refractivity contribution in [2.75, 3.05) is 23.3 Å². The Morgan fingerprint density at radius 3 is 2.71 bits per heavy atom. The van der Waals surface area contributed by atoms with Gasteiger partial charge in [0.25, 0.3) is 5.91 Å². The zero-order valence-corrected chi connectivity index (χ0v) is 19.2. The van der Waals surface area contributed by atoms with Crippen LogP contribution < -0.4 is 10.2 Å². The normalized spacial score (nSPS) is 15.0. The first-order valence-electron chi connectivity index (χ1n) is 9.89. The fourth-order valence-electron chi connectivity index (χ4n) is 3.25. The van der Waals surface area contributed by atoms with Gasteiger partial charge >= 0.3 is 0 Å². The summed E-state index contributed by atoms with van der Waals surface area (Å²) >= 11 is 4.72. The van der Waals surface area contributed by atoms with Gasteiger partial charge in [0.2, 0.25) is 10.3 Å². The highest BCUT2D eigenvalue weighted by Gasteiger charge is 2.20. The molecule has 0 spiro atoms. The third-order valence-electron chi connectivity index (χ3n) is 5.10. The molecule has 1 aliphatic rings. The van der Waals surface area contributed by atoms with Crippen LogP contribution in [0, 0.1) is 17.2 Å². The van der Waals surface area contributed by atoms with Crippen LogP contribution >= 0.6 is 27.3 Å².